The average Bonchev–Trinajstić information content (AvgIpc) is 2.77. The molecular weight excluding hydrogens is 268 g/mol. The molecule has 2 aromatic rings. The zero-order valence-corrected chi connectivity index (χ0v) is 13.2. The van der Waals surface area contributed by atoms with Gasteiger partial charge >= 0.3 is 0 Å². The van der Waals surface area contributed by atoms with Crippen molar-refractivity contribution in [2.24, 2.45) is 5.92 Å². The Morgan fingerprint density at radius 3 is 2.90 bits per heavy atom. The van der Waals surface area contributed by atoms with Crippen LogP contribution in [0.15, 0.2) is 6.07 Å². The fourth-order valence-electron chi connectivity index (χ4n) is 3.24. The SMILES string of the molecule is Cc1cc2c(N(C)C3CCCC(C)C3)nc(N)nc2s1. The number of thiophene rings is 1. The van der Waals surface area contributed by atoms with Gasteiger partial charge in [0.15, 0.2) is 0 Å². The molecule has 3 rings (SSSR count). The quantitative estimate of drug-likeness (QED) is 0.918. The van der Waals surface area contributed by atoms with Crippen molar-refractivity contribution < 1.29 is 0 Å². The van der Waals surface area contributed by atoms with Crippen LogP contribution in [-0.4, -0.2) is 23.1 Å². The van der Waals surface area contributed by atoms with Crippen molar-refractivity contribution in [3.8, 4) is 0 Å². The smallest absolute Gasteiger partial charge is 0.223 e. The number of nitrogens with two attached hydrogens (primary N) is 1. The second-order valence-corrected chi connectivity index (χ2v) is 7.25. The van der Waals surface area contributed by atoms with Gasteiger partial charge in [0.1, 0.15) is 10.6 Å². The zero-order valence-electron chi connectivity index (χ0n) is 12.4. The van der Waals surface area contributed by atoms with Gasteiger partial charge in [-0.2, -0.15) is 4.98 Å². The van der Waals surface area contributed by atoms with Crippen LogP contribution in [0.3, 0.4) is 0 Å². The Hall–Kier alpha value is -1.36. The van der Waals surface area contributed by atoms with Crippen LogP contribution in [0.25, 0.3) is 10.2 Å². The first-order valence-corrected chi connectivity index (χ1v) is 8.12. The second kappa shape index (κ2) is 5.20. The van der Waals surface area contributed by atoms with Crippen LogP contribution in [0.2, 0.25) is 0 Å². The van der Waals surface area contributed by atoms with E-state index < -0.39 is 0 Å². The molecule has 0 aromatic carbocycles. The van der Waals surface area contributed by atoms with Crippen molar-refractivity contribution in [3.05, 3.63) is 10.9 Å². The molecule has 0 saturated heterocycles. The monoisotopic (exact) mass is 290 g/mol. The molecular formula is C15H22N4S. The standard InChI is InChI=1S/C15H22N4S/c1-9-5-4-6-11(7-9)19(3)13-12-8-10(2)20-14(12)18-15(16)17-13/h8-9,11H,4-7H2,1-3H3,(H2,16,17,18). The van der Waals surface area contributed by atoms with Crippen LogP contribution in [0.5, 0.6) is 0 Å². The van der Waals surface area contributed by atoms with E-state index in [9.17, 15) is 0 Å². The molecule has 2 atom stereocenters. The molecule has 1 fully saturated rings. The summed E-state index contributed by atoms with van der Waals surface area (Å²) in [5, 5.41) is 1.14. The molecule has 1 saturated carbocycles. The lowest BCUT2D eigenvalue weighted by molar-refractivity contribution is 0.336. The molecule has 4 nitrogen and oxygen atoms in total. The van der Waals surface area contributed by atoms with Crippen molar-refractivity contribution in [1.29, 1.82) is 0 Å². The minimum Gasteiger partial charge on any atom is -0.368 e. The van der Waals surface area contributed by atoms with E-state index in [-0.39, 0.29) is 0 Å². The van der Waals surface area contributed by atoms with Gasteiger partial charge in [-0.05, 0) is 31.7 Å². The number of aromatic nitrogens is 2. The van der Waals surface area contributed by atoms with E-state index in [4.69, 9.17) is 5.73 Å². The highest BCUT2D eigenvalue weighted by atomic mass is 32.1. The average molecular weight is 290 g/mol. The largest absolute Gasteiger partial charge is 0.368 e. The topological polar surface area (TPSA) is 55.0 Å². The summed E-state index contributed by atoms with van der Waals surface area (Å²) in [5.74, 6) is 2.18. The van der Waals surface area contributed by atoms with Gasteiger partial charge in [-0.1, -0.05) is 19.8 Å². The van der Waals surface area contributed by atoms with E-state index in [2.05, 4.69) is 41.8 Å². The Morgan fingerprint density at radius 2 is 2.15 bits per heavy atom. The van der Waals surface area contributed by atoms with Crippen LogP contribution in [0.1, 0.15) is 37.5 Å². The number of rotatable bonds is 2. The second-order valence-electron chi connectivity index (χ2n) is 6.02. The molecule has 0 aliphatic heterocycles. The number of nitrogens with zero attached hydrogens (tertiary/aromatic N) is 3. The third-order valence-electron chi connectivity index (χ3n) is 4.30. The third kappa shape index (κ3) is 2.46. The fourth-order valence-corrected chi connectivity index (χ4v) is 4.12. The van der Waals surface area contributed by atoms with Gasteiger partial charge in [-0.15, -0.1) is 11.3 Å². The molecule has 0 bridgehead atoms. The first-order chi connectivity index (χ1) is 9.54. The van der Waals surface area contributed by atoms with E-state index in [1.165, 1.54) is 30.6 Å². The molecule has 108 valence electrons. The molecule has 0 spiro atoms. The number of fused-ring (bicyclic) bond motifs is 1. The maximum Gasteiger partial charge on any atom is 0.223 e. The Labute approximate surface area is 124 Å². The van der Waals surface area contributed by atoms with Gasteiger partial charge in [0.25, 0.3) is 0 Å². The highest BCUT2D eigenvalue weighted by molar-refractivity contribution is 7.18. The van der Waals surface area contributed by atoms with Crippen LogP contribution in [0, 0.1) is 12.8 Å². The van der Waals surface area contributed by atoms with E-state index in [1.807, 2.05) is 0 Å². The summed E-state index contributed by atoms with van der Waals surface area (Å²) in [6, 6.07) is 2.74. The van der Waals surface area contributed by atoms with Gasteiger partial charge in [0.05, 0.1) is 5.39 Å². The number of hydrogen-bond donors (Lipinski definition) is 1. The van der Waals surface area contributed by atoms with Crippen molar-refractivity contribution >= 4 is 33.3 Å². The van der Waals surface area contributed by atoms with Crippen LogP contribution >= 0.6 is 11.3 Å². The Balaban J connectivity index is 1.99. The first-order valence-electron chi connectivity index (χ1n) is 7.31. The number of aryl methyl sites for hydroxylation is 1. The molecule has 2 N–H and O–H groups in total. The number of anilines is 2. The maximum absolute atomic E-state index is 5.89. The highest BCUT2D eigenvalue weighted by Gasteiger charge is 2.25. The van der Waals surface area contributed by atoms with E-state index >= 15 is 0 Å². The lowest BCUT2D eigenvalue weighted by Crippen LogP contribution is -2.36. The van der Waals surface area contributed by atoms with Gasteiger partial charge in [-0.3, -0.25) is 0 Å². The third-order valence-corrected chi connectivity index (χ3v) is 5.25. The van der Waals surface area contributed by atoms with Gasteiger partial charge < -0.3 is 10.6 Å². The normalized spacial score (nSPS) is 23.1. The summed E-state index contributed by atoms with van der Waals surface area (Å²) in [4.78, 5) is 13.5. The maximum atomic E-state index is 5.89. The molecule has 1 aliphatic rings. The summed E-state index contributed by atoms with van der Waals surface area (Å²) in [6.45, 7) is 4.45. The predicted molar refractivity (Wildman–Crippen MR) is 86.4 cm³/mol. The first kappa shape index (κ1) is 13.6. The number of nitrogen functional groups attached to an aromatic ring is 1. The van der Waals surface area contributed by atoms with Crippen molar-refractivity contribution in [2.45, 2.75) is 45.6 Å². The minimum atomic E-state index is 0.380. The summed E-state index contributed by atoms with van der Waals surface area (Å²) in [5.41, 5.74) is 5.89. The van der Waals surface area contributed by atoms with Gasteiger partial charge in [0.2, 0.25) is 5.95 Å². The lowest BCUT2D eigenvalue weighted by Gasteiger charge is -2.35. The molecule has 20 heavy (non-hydrogen) atoms. The molecule has 1 aliphatic carbocycles. The molecule has 5 heteroatoms. The Morgan fingerprint density at radius 1 is 1.35 bits per heavy atom. The molecule has 0 radical (unpaired) electrons. The summed E-state index contributed by atoms with van der Waals surface area (Å²) >= 11 is 1.69. The Kier molecular flexibility index (Phi) is 3.54. The summed E-state index contributed by atoms with van der Waals surface area (Å²) in [7, 11) is 2.15. The molecule has 2 unspecified atom stereocenters. The van der Waals surface area contributed by atoms with Gasteiger partial charge in [0, 0.05) is 18.0 Å². The highest BCUT2D eigenvalue weighted by Crippen LogP contribution is 2.34. The summed E-state index contributed by atoms with van der Waals surface area (Å²) in [6.07, 6.45) is 5.14. The van der Waals surface area contributed by atoms with Gasteiger partial charge in [-0.25, -0.2) is 4.98 Å². The van der Waals surface area contributed by atoms with Crippen LogP contribution < -0.4 is 10.6 Å². The van der Waals surface area contributed by atoms with Crippen molar-refractivity contribution in [2.75, 3.05) is 17.7 Å². The zero-order chi connectivity index (χ0) is 14.3. The Bertz CT molecular complexity index is 622. The lowest BCUT2D eigenvalue weighted by atomic mass is 9.86. The molecule has 0 amide bonds. The van der Waals surface area contributed by atoms with E-state index in [0.29, 0.717) is 12.0 Å². The van der Waals surface area contributed by atoms with Crippen molar-refractivity contribution in [1.82, 2.24) is 9.97 Å². The predicted octanol–water partition coefficient (Wildman–Crippen LogP) is 3.60. The number of hydrogen-bond acceptors (Lipinski definition) is 5. The van der Waals surface area contributed by atoms with Crippen LogP contribution in [0.4, 0.5) is 11.8 Å². The van der Waals surface area contributed by atoms with E-state index in [0.717, 1.165) is 22.0 Å². The molecule has 2 aromatic heterocycles. The van der Waals surface area contributed by atoms with Crippen LogP contribution in [-0.2, 0) is 0 Å². The fraction of sp³-hybridized carbons (Fsp3) is 0.600. The molecule has 2 heterocycles. The summed E-state index contributed by atoms with van der Waals surface area (Å²) < 4.78 is 0. The van der Waals surface area contributed by atoms with Crippen molar-refractivity contribution in [3.63, 3.8) is 0 Å². The van der Waals surface area contributed by atoms with E-state index in [1.54, 1.807) is 11.3 Å². The minimum absolute atomic E-state index is 0.380.